The van der Waals surface area contributed by atoms with Crippen molar-refractivity contribution in [1.29, 1.82) is 0 Å². The first-order chi connectivity index (χ1) is 20.2. The number of non-ortho nitro benzene ring substituents is 1. The summed E-state index contributed by atoms with van der Waals surface area (Å²) in [6, 6.07) is 12.7. The van der Waals surface area contributed by atoms with Crippen molar-refractivity contribution in [2.45, 2.75) is 19.9 Å². The molecule has 0 saturated carbocycles. The maximum atomic E-state index is 12.6. The number of nitrogens with one attached hydrogen (secondary N) is 3. The molecule has 14 nitrogen and oxygen atoms in total. The summed E-state index contributed by atoms with van der Waals surface area (Å²) in [6.45, 7) is 3.07. The summed E-state index contributed by atoms with van der Waals surface area (Å²) >= 11 is 0. The molecular weight excluding hydrogens is 550 g/mol. The molecule has 1 aromatic heterocycles. The van der Waals surface area contributed by atoms with E-state index in [1.807, 2.05) is 0 Å². The second-order valence-electron chi connectivity index (χ2n) is 8.79. The van der Waals surface area contributed by atoms with Gasteiger partial charge in [0.1, 0.15) is 11.5 Å². The summed E-state index contributed by atoms with van der Waals surface area (Å²) in [5.74, 6) is 0.206. The van der Waals surface area contributed by atoms with Crippen LogP contribution in [0.25, 0.3) is 11.3 Å². The van der Waals surface area contributed by atoms with Gasteiger partial charge in [0.2, 0.25) is 0 Å². The topological polar surface area (TPSA) is 184 Å². The number of carbonyl (C=O) groups is 3. The highest BCUT2D eigenvalue weighted by molar-refractivity contribution is 5.95. The van der Waals surface area contributed by atoms with Gasteiger partial charge < -0.3 is 29.3 Å². The molecular formula is C28H27N5O9. The van der Waals surface area contributed by atoms with E-state index in [1.54, 1.807) is 56.3 Å². The van der Waals surface area contributed by atoms with Crippen LogP contribution in [0.15, 0.2) is 75.4 Å². The summed E-state index contributed by atoms with van der Waals surface area (Å²) < 4.78 is 21.8. The molecule has 2 heterocycles. The van der Waals surface area contributed by atoms with Crippen LogP contribution in [-0.2, 0) is 14.3 Å². The molecule has 1 aliphatic rings. The van der Waals surface area contributed by atoms with E-state index in [0.717, 1.165) is 0 Å². The van der Waals surface area contributed by atoms with Crippen molar-refractivity contribution in [3.63, 3.8) is 0 Å². The number of rotatable bonds is 11. The number of hydrazone groups is 1. The highest BCUT2D eigenvalue weighted by Gasteiger charge is 2.32. The molecule has 3 aromatic rings. The number of esters is 1. The lowest BCUT2D eigenvalue weighted by Gasteiger charge is -2.28. The number of allylic oxidation sites excluding steroid dienone is 1. The van der Waals surface area contributed by atoms with E-state index in [9.17, 15) is 24.5 Å². The van der Waals surface area contributed by atoms with Crippen LogP contribution < -0.4 is 25.5 Å². The molecule has 14 heteroatoms. The lowest BCUT2D eigenvalue weighted by Crippen LogP contribution is -2.45. The van der Waals surface area contributed by atoms with E-state index >= 15 is 0 Å². The van der Waals surface area contributed by atoms with E-state index in [1.165, 1.54) is 25.5 Å². The van der Waals surface area contributed by atoms with Crippen molar-refractivity contribution in [3.8, 4) is 22.8 Å². The molecule has 0 fully saturated rings. The predicted octanol–water partition coefficient (Wildman–Crippen LogP) is 3.58. The van der Waals surface area contributed by atoms with Crippen molar-refractivity contribution in [2.24, 2.45) is 5.10 Å². The van der Waals surface area contributed by atoms with Gasteiger partial charge >= 0.3 is 12.0 Å². The van der Waals surface area contributed by atoms with Crippen molar-refractivity contribution in [3.05, 3.63) is 87.3 Å². The largest absolute Gasteiger partial charge is 0.493 e. The third kappa shape index (κ3) is 6.91. The summed E-state index contributed by atoms with van der Waals surface area (Å²) in [5.41, 5.74) is 4.10. The fourth-order valence-electron chi connectivity index (χ4n) is 4.07. The average Bonchev–Trinajstić information content (AvgIpc) is 3.44. The maximum Gasteiger partial charge on any atom is 0.338 e. The third-order valence-electron chi connectivity index (χ3n) is 6.01. The second-order valence-corrected chi connectivity index (χ2v) is 8.79. The standard InChI is InChI=1S/C28H27N5O9/c1-4-40-27(35)25-16(2)30-28(36)31-26(25)18-7-11-22(23(13-18)39-3)41-15-24(34)32-29-14-20-10-12-21(42-20)17-5-8-19(9-6-17)33(37)38/h5-14,26H,4,15H2,1-3H3,(H,32,34)(H2,30,31,36)/b29-14+/t26-/m0/s1. The highest BCUT2D eigenvalue weighted by atomic mass is 16.6. The molecule has 3 amide bonds. The summed E-state index contributed by atoms with van der Waals surface area (Å²) in [7, 11) is 1.42. The Morgan fingerprint density at radius 2 is 1.90 bits per heavy atom. The first-order valence-corrected chi connectivity index (χ1v) is 12.6. The Bertz CT molecular complexity index is 1560. The van der Waals surface area contributed by atoms with Crippen LogP contribution in [0.2, 0.25) is 0 Å². The third-order valence-corrected chi connectivity index (χ3v) is 6.01. The Kier molecular flexibility index (Phi) is 9.17. The molecule has 42 heavy (non-hydrogen) atoms. The molecule has 4 rings (SSSR count). The smallest absolute Gasteiger partial charge is 0.338 e. The number of hydrogen-bond donors (Lipinski definition) is 3. The number of amides is 3. The van der Waals surface area contributed by atoms with Gasteiger partial charge in [-0.3, -0.25) is 14.9 Å². The number of methoxy groups -OCH3 is 1. The Morgan fingerprint density at radius 3 is 2.60 bits per heavy atom. The van der Waals surface area contributed by atoms with E-state index in [-0.39, 0.29) is 29.4 Å². The minimum absolute atomic E-state index is 0.0313. The number of carbonyl (C=O) groups excluding carboxylic acids is 3. The van der Waals surface area contributed by atoms with Gasteiger partial charge in [0.25, 0.3) is 11.6 Å². The van der Waals surface area contributed by atoms with Crippen molar-refractivity contribution in [1.82, 2.24) is 16.1 Å². The van der Waals surface area contributed by atoms with Gasteiger partial charge in [-0.15, -0.1) is 0 Å². The van der Waals surface area contributed by atoms with Crippen molar-refractivity contribution < 1.29 is 37.9 Å². The van der Waals surface area contributed by atoms with Crippen LogP contribution in [0, 0.1) is 10.1 Å². The number of nitrogens with zero attached hydrogens (tertiary/aromatic N) is 2. The maximum absolute atomic E-state index is 12.6. The minimum atomic E-state index is -0.791. The first-order valence-electron chi connectivity index (χ1n) is 12.6. The van der Waals surface area contributed by atoms with Gasteiger partial charge in [-0.25, -0.2) is 15.0 Å². The Hall–Kier alpha value is -5.66. The van der Waals surface area contributed by atoms with Crippen molar-refractivity contribution in [2.75, 3.05) is 20.3 Å². The van der Waals surface area contributed by atoms with Gasteiger partial charge in [0.05, 0.1) is 36.5 Å². The lowest BCUT2D eigenvalue weighted by molar-refractivity contribution is -0.384. The van der Waals surface area contributed by atoms with Gasteiger partial charge in [0.15, 0.2) is 18.1 Å². The quantitative estimate of drug-likeness (QED) is 0.133. The Labute approximate surface area is 239 Å². The molecule has 0 aliphatic carbocycles. The summed E-state index contributed by atoms with van der Waals surface area (Å²) in [6.07, 6.45) is 1.30. The van der Waals surface area contributed by atoms with E-state index in [2.05, 4.69) is 21.2 Å². The number of ether oxygens (including phenoxy) is 3. The minimum Gasteiger partial charge on any atom is -0.493 e. The summed E-state index contributed by atoms with van der Waals surface area (Å²) in [5, 5.41) is 20.0. The Morgan fingerprint density at radius 1 is 1.14 bits per heavy atom. The molecule has 0 radical (unpaired) electrons. The van der Waals surface area contributed by atoms with Crippen LogP contribution in [0.5, 0.6) is 11.5 Å². The molecule has 0 saturated heterocycles. The number of nitro groups is 1. The zero-order valence-corrected chi connectivity index (χ0v) is 22.8. The second kappa shape index (κ2) is 13.1. The molecule has 1 aliphatic heterocycles. The average molecular weight is 578 g/mol. The molecule has 218 valence electrons. The first kappa shape index (κ1) is 29.3. The van der Waals surface area contributed by atoms with E-state index in [0.29, 0.717) is 28.3 Å². The van der Waals surface area contributed by atoms with Crippen LogP contribution in [0.4, 0.5) is 10.5 Å². The number of benzene rings is 2. The number of hydrogen-bond acceptors (Lipinski definition) is 10. The fraction of sp³-hybridized carbons (Fsp3) is 0.214. The number of furan rings is 1. The predicted molar refractivity (Wildman–Crippen MR) is 149 cm³/mol. The van der Waals surface area contributed by atoms with Crippen LogP contribution in [-0.4, -0.2) is 49.4 Å². The molecule has 1 atom stereocenters. The molecule has 0 bridgehead atoms. The normalized spacial score (nSPS) is 14.6. The number of urea groups is 1. The molecule has 3 N–H and O–H groups in total. The van der Waals surface area contributed by atoms with Gasteiger partial charge in [0, 0.05) is 23.4 Å². The molecule has 0 spiro atoms. The van der Waals surface area contributed by atoms with Gasteiger partial charge in [-0.05, 0) is 55.8 Å². The van der Waals surface area contributed by atoms with Crippen LogP contribution >= 0.6 is 0 Å². The number of nitro benzene ring substituents is 1. The van der Waals surface area contributed by atoms with E-state index < -0.39 is 35.5 Å². The molecule has 0 unspecified atom stereocenters. The fourth-order valence-corrected chi connectivity index (χ4v) is 4.07. The van der Waals surface area contributed by atoms with E-state index in [4.69, 9.17) is 18.6 Å². The molecule has 2 aromatic carbocycles. The SMILES string of the molecule is CCOC(=O)C1=C(C)NC(=O)N[C@H]1c1ccc(OCC(=O)N/N=C/c2ccc(-c3ccc([N+](=O)[O-])cc3)o2)c(OC)c1. The van der Waals surface area contributed by atoms with Gasteiger partial charge in [-0.1, -0.05) is 6.07 Å². The van der Waals surface area contributed by atoms with Crippen LogP contribution in [0.1, 0.15) is 31.2 Å². The lowest BCUT2D eigenvalue weighted by atomic mass is 9.95. The van der Waals surface area contributed by atoms with Crippen LogP contribution in [0.3, 0.4) is 0 Å². The Balaban J connectivity index is 1.36. The highest BCUT2D eigenvalue weighted by Crippen LogP contribution is 2.34. The monoisotopic (exact) mass is 577 g/mol. The van der Waals surface area contributed by atoms with Crippen molar-refractivity contribution >= 4 is 29.8 Å². The zero-order valence-electron chi connectivity index (χ0n) is 22.8. The summed E-state index contributed by atoms with van der Waals surface area (Å²) in [4.78, 5) is 47.3. The van der Waals surface area contributed by atoms with Gasteiger partial charge in [-0.2, -0.15) is 5.10 Å². The zero-order chi connectivity index (χ0) is 30.2.